The monoisotopic (exact) mass is 288 g/mol. The molecule has 4 heteroatoms. The molecule has 1 aromatic rings. The molecule has 2 N–H and O–H groups in total. The Hall–Kier alpha value is -0.280. The molecule has 0 bridgehead atoms. The Morgan fingerprint density at radius 3 is 2.28 bits per heavy atom. The molecular formula is C14H22Cl2N2. The highest BCUT2D eigenvalue weighted by atomic mass is 35.5. The van der Waals surface area contributed by atoms with Crippen LogP contribution < -0.4 is 5.73 Å². The van der Waals surface area contributed by atoms with Gasteiger partial charge in [0, 0.05) is 19.1 Å². The average molecular weight is 289 g/mol. The number of halogens is 2. The lowest BCUT2D eigenvalue weighted by Crippen LogP contribution is -2.36. The van der Waals surface area contributed by atoms with E-state index in [1.165, 1.54) is 0 Å². The topological polar surface area (TPSA) is 29.3 Å². The third-order valence-corrected chi connectivity index (χ3v) is 3.55. The Bertz CT molecular complexity index is 399. The number of benzene rings is 1. The van der Waals surface area contributed by atoms with Gasteiger partial charge in [-0.25, -0.2) is 0 Å². The molecule has 0 aromatic heterocycles. The molecule has 0 aliphatic heterocycles. The van der Waals surface area contributed by atoms with Gasteiger partial charge in [0.1, 0.15) is 0 Å². The van der Waals surface area contributed by atoms with Gasteiger partial charge in [-0.05, 0) is 30.2 Å². The number of nitrogens with two attached hydrogens (primary N) is 1. The fourth-order valence-electron chi connectivity index (χ4n) is 2.15. The maximum absolute atomic E-state index is 6.06. The smallest absolute Gasteiger partial charge is 0.0595 e. The number of rotatable bonds is 4. The highest BCUT2D eigenvalue weighted by Gasteiger charge is 2.21. The van der Waals surface area contributed by atoms with Crippen LogP contribution in [0.2, 0.25) is 10.0 Å². The Morgan fingerprint density at radius 1 is 1.22 bits per heavy atom. The quantitative estimate of drug-likeness (QED) is 0.908. The summed E-state index contributed by atoms with van der Waals surface area (Å²) < 4.78 is 0. The normalized spacial score (nSPS) is 14.0. The van der Waals surface area contributed by atoms with Crippen molar-refractivity contribution in [2.45, 2.75) is 26.8 Å². The van der Waals surface area contributed by atoms with E-state index in [-0.39, 0.29) is 11.5 Å². The lowest BCUT2D eigenvalue weighted by Gasteiger charge is -2.33. The van der Waals surface area contributed by atoms with Gasteiger partial charge in [-0.2, -0.15) is 0 Å². The van der Waals surface area contributed by atoms with Crippen LogP contribution in [-0.4, -0.2) is 25.0 Å². The highest BCUT2D eigenvalue weighted by molar-refractivity contribution is 6.42. The molecule has 1 rings (SSSR count). The van der Waals surface area contributed by atoms with Gasteiger partial charge < -0.3 is 5.73 Å². The summed E-state index contributed by atoms with van der Waals surface area (Å²) in [6.45, 7) is 8.17. The van der Waals surface area contributed by atoms with Crippen LogP contribution in [0.5, 0.6) is 0 Å². The standard InChI is InChI=1S/C14H22Cl2N2/c1-14(2,3)9-18(4)13(8-17)10-5-6-11(15)12(16)7-10/h5-7,13H,8-9,17H2,1-4H3. The van der Waals surface area contributed by atoms with Crippen LogP contribution >= 0.6 is 23.2 Å². The van der Waals surface area contributed by atoms with E-state index in [4.69, 9.17) is 28.9 Å². The largest absolute Gasteiger partial charge is 0.329 e. The molecule has 0 aliphatic carbocycles. The highest BCUT2D eigenvalue weighted by Crippen LogP contribution is 2.28. The van der Waals surface area contributed by atoms with Crippen LogP contribution in [0, 0.1) is 5.41 Å². The van der Waals surface area contributed by atoms with E-state index in [0.29, 0.717) is 16.6 Å². The Morgan fingerprint density at radius 2 is 1.83 bits per heavy atom. The first-order valence-corrected chi connectivity index (χ1v) is 6.85. The van der Waals surface area contributed by atoms with Crippen molar-refractivity contribution < 1.29 is 0 Å². The zero-order valence-electron chi connectivity index (χ0n) is 11.5. The van der Waals surface area contributed by atoms with Gasteiger partial charge in [-0.1, -0.05) is 50.0 Å². The van der Waals surface area contributed by atoms with E-state index in [9.17, 15) is 0 Å². The van der Waals surface area contributed by atoms with Crippen LogP contribution in [0.4, 0.5) is 0 Å². The predicted octanol–water partition coefficient (Wildman–Crippen LogP) is 3.97. The van der Waals surface area contributed by atoms with Crippen LogP contribution in [0.3, 0.4) is 0 Å². The van der Waals surface area contributed by atoms with Crippen molar-refractivity contribution in [2.24, 2.45) is 11.1 Å². The van der Waals surface area contributed by atoms with Crippen molar-refractivity contribution in [3.63, 3.8) is 0 Å². The van der Waals surface area contributed by atoms with Crippen LogP contribution in [0.15, 0.2) is 18.2 Å². The van der Waals surface area contributed by atoms with Crippen molar-refractivity contribution in [1.29, 1.82) is 0 Å². The van der Waals surface area contributed by atoms with E-state index in [2.05, 4.69) is 32.7 Å². The van der Waals surface area contributed by atoms with E-state index >= 15 is 0 Å². The van der Waals surface area contributed by atoms with Gasteiger partial charge in [0.25, 0.3) is 0 Å². The summed E-state index contributed by atoms with van der Waals surface area (Å²) in [4.78, 5) is 2.26. The molecule has 0 aliphatic rings. The fourth-order valence-corrected chi connectivity index (χ4v) is 2.46. The summed E-state index contributed by atoms with van der Waals surface area (Å²) in [7, 11) is 2.09. The van der Waals surface area contributed by atoms with Gasteiger partial charge in [-0.3, -0.25) is 4.90 Å². The first-order chi connectivity index (χ1) is 8.24. The van der Waals surface area contributed by atoms with Crippen molar-refractivity contribution in [2.75, 3.05) is 20.1 Å². The third-order valence-electron chi connectivity index (χ3n) is 2.81. The SMILES string of the molecule is CN(CC(C)(C)C)C(CN)c1ccc(Cl)c(Cl)c1. The Balaban J connectivity index is 2.91. The van der Waals surface area contributed by atoms with E-state index in [0.717, 1.165) is 12.1 Å². The third kappa shape index (κ3) is 4.43. The maximum atomic E-state index is 6.06. The van der Waals surface area contributed by atoms with Gasteiger partial charge in [0.2, 0.25) is 0 Å². The van der Waals surface area contributed by atoms with Gasteiger partial charge in [-0.15, -0.1) is 0 Å². The summed E-state index contributed by atoms with van der Waals surface area (Å²) in [6.07, 6.45) is 0. The molecule has 0 saturated carbocycles. The van der Waals surface area contributed by atoms with Crippen LogP contribution in [0.1, 0.15) is 32.4 Å². The van der Waals surface area contributed by atoms with Crippen molar-refractivity contribution in [3.8, 4) is 0 Å². The second kappa shape index (κ2) is 6.25. The minimum atomic E-state index is 0.166. The molecule has 1 atom stereocenters. The molecule has 2 nitrogen and oxygen atoms in total. The lowest BCUT2D eigenvalue weighted by molar-refractivity contribution is 0.176. The summed E-state index contributed by atoms with van der Waals surface area (Å²) in [6, 6.07) is 5.89. The lowest BCUT2D eigenvalue weighted by atomic mass is 9.94. The summed E-state index contributed by atoms with van der Waals surface area (Å²) in [5.41, 5.74) is 7.24. The molecule has 18 heavy (non-hydrogen) atoms. The number of likely N-dealkylation sites (N-methyl/N-ethyl adjacent to an activating group) is 1. The van der Waals surface area contributed by atoms with Crippen LogP contribution in [-0.2, 0) is 0 Å². The summed E-state index contributed by atoms with van der Waals surface area (Å²) >= 11 is 12.0. The predicted molar refractivity (Wildman–Crippen MR) is 80.3 cm³/mol. The molecule has 0 spiro atoms. The molecule has 1 unspecified atom stereocenters. The van der Waals surface area contributed by atoms with E-state index in [1.54, 1.807) is 0 Å². The first-order valence-electron chi connectivity index (χ1n) is 6.10. The van der Waals surface area contributed by atoms with E-state index < -0.39 is 0 Å². The van der Waals surface area contributed by atoms with Crippen molar-refractivity contribution in [1.82, 2.24) is 4.90 Å². The summed E-state index contributed by atoms with van der Waals surface area (Å²) in [5.74, 6) is 0. The Kier molecular flexibility index (Phi) is 5.47. The Labute approximate surface area is 120 Å². The van der Waals surface area contributed by atoms with Gasteiger partial charge in [0.15, 0.2) is 0 Å². The molecule has 102 valence electrons. The molecule has 0 amide bonds. The zero-order chi connectivity index (χ0) is 13.9. The molecule has 0 saturated heterocycles. The fraction of sp³-hybridized carbons (Fsp3) is 0.571. The van der Waals surface area contributed by atoms with Crippen LogP contribution in [0.25, 0.3) is 0 Å². The maximum Gasteiger partial charge on any atom is 0.0595 e. The number of nitrogens with zero attached hydrogens (tertiary/aromatic N) is 1. The van der Waals surface area contributed by atoms with Crippen molar-refractivity contribution >= 4 is 23.2 Å². The molecular weight excluding hydrogens is 267 g/mol. The molecule has 1 aromatic carbocycles. The van der Waals surface area contributed by atoms with Gasteiger partial charge in [0.05, 0.1) is 10.0 Å². The zero-order valence-corrected chi connectivity index (χ0v) is 13.0. The second-order valence-electron chi connectivity index (χ2n) is 5.90. The second-order valence-corrected chi connectivity index (χ2v) is 6.72. The average Bonchev–Trinajstić information content (AvgIpc) is 2.21. The molecule has 0 radical (unpaired) electrons. The minimum Gasteiger partial charge on any atom is -0.329 e. The van der Waals surface area contributed by atoms with Gasteiger partial charge >= 0.3 is 0 Å². The molecule has 0 heterocycles. The van der Waals surface area contributed by atoms with Crippen molar-refractivity contribution in [3.05, 3.63) is 33.8 Å². The number of hydrogen-bond acceptors (Lipinski definition) is 2. The summed E-state index contributed by atoms with van der Waals surface area (Å²) in [5, 5.41) is 1.16. The molecule has 0 fully saturated rings. The van der Waals surface area contributed by atoms with E-state index in [1.807, 2.05) is 18.2 Å². The number of hydrogen-bond donors (Lipinski definition) is 1. The minimum absolute atomic E-state index is 0.166. The first kappa shape index (κ1) is 15.8.